The summed E-state index contributed by atoms with van der Waals surface area (Å²) >= 11 is 0. The summed E-state index contributed by atoms with van der Waals surface area (Å²) in [6.07, 6.45) is 4.98. The van der Waals surface area contributed by atoms with Crippen LogP contribution in [0.3, 0.4) is 0 Å². The van der Waals surface area contributed by atoms with Crippen molar-refractivity contribution < 1.29 is 4.79 Å². The van der Waals surface area contributed by atoms with E-state index in [4.69, 9.17) is 5.73 Å². The van der Waals surface area contributed by atoms with Crippen LogP contribution in [0.25, 0.3) is 0 Å². The van der Waals surface area contributed by atoms with Crippen LogP contribution in [0.15, 0.2) is 12.3 Å². The van der Waals surface area contributed by atoms with Gasteiger partial charge in [0, 0.05) is 19.3 Å². The summed E-state index contributed by atoms with van der Waals surface area (Å²) in [6, 6.07) is 1.61. The molecule has 1 aliphatic heterocycles. The van der Waals surface area contributed by atoms with Gasteiger partial charge < -0.3 is 16.0 Å². The van der Waals surface area contributed by atoms with Crippen molar-refractivity contribution in [1.29, 1.82) is 0 Å². The Bertz CT molecular complexity index is 389. The van der Waals surface area contributed by atoms with E-state index in [1.165, 1.54) is 6.42 Å². The van der Waals surface area contributed by atoms with Crippen molar-refractivity contribution in [2.45, 2.75) is 19.3 Å². The van der Waals surface area contributed by atoms with Crippen LogP contribution in [-0.2, 0) is 4.79 Å². The lowest BCUT2D eigenvalue weighted by Crippen LogP contribution is -2.39. The van der Waals surface area contributed by atoms with Gasteiger partial charge in [0.15, 0.2) is 0 Å². The summed E-state index contributed by atoms with van der Waals surface area (Å²) in [6.45, 7) is 1.94. The van der Waals surface area contributed by atoms with Crippen LogP contribution < -0.4 is 11.1 Å². The smallest absolute Gasteiger partial charge is 0.241 e. The highest BCUT2D eigenvalue weighted by molar-refractivity contribution is 5.80. The van der Waals surface area contributed by atoms with Crippen LogP contribution in [0.1, 0.15) is 19.3 Å². The monoisotopic (exact) mass is 235 g/mol. The number of carbonyl (C=O) groups excluding carboxylic acids is 1. The minimum atomic E-state index is 0.0933. The first-order valence-electron chi connectivity index (χ1n) is 5.86. The summed E-state index contributed by atoms with van der Waals surface area (Å²) in [4.78, 5) is 21.7. The van der Waals surface area contributed by atoms with E-state index in [1.54, 1.807) is 12.3 Å². The number of nitrogen functional groups attached to an aromatic ring is 1. The molecule has 0 spiro atoms. The Kier molecular flexibility index (Phi) is 3.74. The molecule has 1 saturated heterocycles. The van der Waals surface area contributed by atoms with Gasteiger partial charge in [0.25, 0.3) is 0 Å². The third-order valence-electron chi connectivity index (χ3n) is 2.78. The summed E-state index contributed by atoms with van der Waals surface area (Å²) in [7, 11) is 0. The van der Waals surface area contributed by atoms with E-state index < -0.39 is 0 Å². The SMILES string of the molecule is Nc1ccnc(NCC(=O)N2CCCCC2)n1. The van der Waals surface area contributed by atoms with E-state index in [1.807, 2.05) is 4.90 Å². The number of likely N-dealkylation sites (tertiary alicyclic amines) is 1. The van der Waals surface area contributed by atoms with Crippen molar-refractivity contribution in [1.82, 2.24) is 14.9 Å². The van der Waals surface area contributed by atoms with Gasteiger partial charge in [0.1, 0.15) is 5.82 Å². The second-order valence-electron chi connectivity index (χ2n) is 4.10. The third kappa shape index (κ3) is 3.30. The minimum absolute atomic E-state index is 0.0933. The number of anilines is 2. The molecule has 2 rings (SSSR count). The molecular formula is C11H17N5O. The summed E-state index contributed by atoms with van der Waals surface area (Å²) < 4.78 is 0. The van der Waals surface area contributed by atoms with Crippen LogP contribution >= 0.6 is 0 Å². The minimum Gasteiger partial charge on any atom is -0.384 e. The zero-order valence-corrected chi connectivity index (χ0v) is 9.72. The molecule has 0 aliphatic carbocycles. The number of nitrogens with zero attached hydrogens (tertiary/aromatic N) is 3. The fourth-order valence-electron chi connectivity index (χ4n) is 1.87. The molecule has 1 fully saturated rings. The quantitative estimate of drug-likeness (QED) is 0.796. The highest BCUT2D eigenvalue weighted by atomic mass is 16.2. The molecule has 0 unspecified atom stereocenters. The molecule has 1 aromatic heterocycles. The zero-order valence-electron chi connectivity index (χ0n) is 9.72. The van der Waals surface area contributed by atoms with E-state index in [-0.39, 0.29) is 12.5 Å². The van der Waals surface area contributed by atoms with Gasteiger partial charge in [-0.15, -0.1) is 0 Å². The Labute approximate surface area is 100 Å². The average Bonchev–Trinajstić information content (AvgIpc) is 2.37. The number of piperidine rings is 1. The van der Waals surface area contributed by atoms with Crippen LogP contribution in [0, 0.1) is 0 Å². The highest BCUT2D eigenvalue weighted by Gasteiger charge is 2.16. The van der Waals surface area contributed by atoms with Crippen molar-refractivity contribution in [3.63, 3.8) is 0 Å². The van der Waals surface area contributed by atoms with E-state index in [0.717, 1.165) is 25.9 Å². The van der Waals surface area contributed by atoms with Crippen LogP contribution in [0.2, 0.25) is 0 Å². The molecule has 3 N–H and O–H groups in total. The van der Waals surface area contributed by atoms with Gasteiger partial charge in [-0.3, -0.25) is 4.79 Å². The number of carbonyl (C=O) groups is 1. The number of nitrogens with one attached hydrogen (secondary N) is 1. The maximum atomic E-state index is 11.8. The fourth-order valence-corrected chi connectivity index (χ4v) is 1.87. The summed E-state index contributed by atoms with van der Waals surface area (Å²) in [5.41, 5.74) is 5.52. The lowest BCUT2D eigenvalue weighted by atomic mass is 10.1. The number of amides is 1. The van der Waals surface area contributed by atoms with E-state index in [2.05, 4.69) is 15.3 Å². The van der Waals surface area contributed by atoms with E-state index in [0.29, 0.717) is 11.8 Å². The summed E-state index contributed by atoms with van der Waals surface area (Å²) in [5, 5.41) is 2.89. The van der Waals surface area contributed by atoms with Crippen LogP contribution in [0.4, 0.5) is 11.8 Å². The topological polar surface area (TPSA) is 84.1 Å². The first-order chi connectivity index (χ1) is 8.25. The van der Waals surface area contributed by atoms with Crippen molar-refractivity contribution in [3.8, 4) is 0 Å². The van der Waals surface area contributed by atoms with E-state index in [9.17, 15) is 4.79 Å². The average molecular weight is 235 g/mol. The largest absolute Gasteiger partial charge is 0.384 e. The lowest BCUT2D eigenvalue weighted by Gasteiger charge is -2.26. The van der Waals surface area contributed by atoms with Crippen molar-refractivity contribution >= 4 is 17.7 Å². The molecule has 1 aliphatic rings. The Morgan fingerprint density at radius 2 is 2.18 bits per heavy atom. The Morgan fingerprint density at radius 1 is 1.41 bits per heavy atom. The molecule has 1 aromatic rings. The first-order valence-corrected chi connectivity index (χ1v) is 5.86. The predicted molar refractivity (Wildman–Crippen MR) is 65.4 cm³/mol. The summed E-state index contributed by atoms with van der Waals surface area (Å²) in [5.74, 6) is 0.888. The first kappa shape index (κ1) is 11.6. The number of aromatic nitrogens is 2. The normalized spacial score (nSPS) is 15.6. The molecule has 0 radical (unpaired) electrons. The molecule has 6 nitrogen and oxygen atoms in total. The maximum Gasteiger partial charge on any atom is 0.241 e. The molecular weight excluding hydrogens is 218 g/mol. The van der Waals surface area contributed by atoms with Crippen molar-refractivity contribution in [2.75, 3.05) is 30.7 Å². The lowest BCUT2D eigenvalue weighted by molar-refractivity contribution is -0.130. The Balaban J connectivity index is 1.83. The van der Waals surface area contributed by atoms with Gasteiger partial charge in [-0.25, -0.2) is 4.98 Å². The fraction of sp³-hybridized carbons (Fsp3) is 0.545. The molecule has 0 atom stereocenters. The molecule has 1 amide bonds. The maximum absolute atomic E-state index is 11.8. The van der Waals surface area contributed by atoms with Gasteiger partial charge in [0.2, 0.25) is 11.9 Å². The van der Waals surface area contributed by atoms with Crippen molar-refractivity contribution in [3.05, 3.63) is 12.3 Å². The number of nitrogens with two attached hydrogens (primary N) is 1. The van der Waals surface area contributed by atoms with Crippen molar-refractivity contribution in [2.24, 2.45) is 0 Å². The number of hydrogen-bond donors (Lipinski definition) is 2. The zero-order chi connectivity index (χ0) is 12.1. The molecule has 6 heteroatoms. The standard InChI is InChI=1S/C11H17N5O/c12-9-4-5-13-11(15-9)14-8-10(17)16-6-2-1-3-7-16/h4-5H,1-3,6-8H2,(H3,12,13,14,15). The second-order valence-corrected chi connectivity index (χ2v) is 4.10. The van der Waals surface area contributed by atoms with Gasteiger partial charge >= 0.3 is 0 Å². The second kappa shape index (κ2) is 5.47. The van der Waals surface area contributed by atoms with Gasteiger partial charge in [-0.2, -0.15) is 4.98 Å². The predicted octanol–water partition coefficient (Wildman–Crippen LogP) is 0.483. The van der Waals surface area contributed by atoms with Crippen LogP contribution in [-0.4, -0.2) is 40.4 Å². The molecule has 92 valence electrons. The molecule has 0 aromatic carbocycles. The molecule has 0 saturated carbocycles. The molecule has 17 heavy (non-hydrogen) atoms. The van der Waals surface area contributed by atoms with E-state index >= 15 is 0 Å². The van der Waals surface area contributed by atoms with Gasteiger partial charge in [-0.05, 0) is 25.3 Å². The van der Waals surface area contributed by atoms with Crippen LogP contribution in [0.5, 0.6) is 0 Å². The Hall–Kier alpha value is -1.85. The van der Waals surface area contributed by atoms with Gasteiger partial charge in [-0.1, -0.05) is 0 Å². The molecule has 0 bridgehead atoms. The number of hydrogen-bond acceptors (Lipinski definition) is 5. The Morgan fingerprint density at radius 3 is 2.88 bits per heavy atom. The number of rotatable bonds is 3. The highest BCUT2D eigenvalue weighted by Crippen LogP contribution is 2.09. The van der Waals surface area contributed by atoms with Gasteiger partial charge in [0.05, 0.1) is 6.54 Å². The molecule has 2 heterocycles. The third-order valence-corrected chi connectivity index (χ3v) is 2.78.